The summed E-state index contributed by atoms with van der Waals surface area (Å²) in [6, 6.07) is 8.95. The van der Waals surface area contributed by atoms with E-state index in [1.54, 1.807) is 18.2 Å². The zero-order valence-electron chi connectivity index (χ0n) is 25.0. The summed E-state index contributed by atoms with van der Waals surface area (Å²) in [7, 11) is 2.57. The van der Waals surface area contributed by atoms with E-state index in [1.165, 1.54) is 0 Å². The van der Waals surface area contributed by atoms with E-state index in [0.29, 0.717) is 18.3 Å². The molecule has 0 spiro atoms. The van der Waals surface area contributed by atoms with Crippen molar-refractivity contribution in [3.05, 3.63) is 76.3 Å². The van der Waals surface area contributed by atoms with Gasteiger partial charge in [-0.25, -0.2) is 4.39 Å². The molecule has 1 aliphatic heterocycles. The molecule has 0 bridgehead atoms. The Morgan fingerprint density at radius 2 is 1.88 bits per heavy atom. The Hall–Kier alpha value is -2.76. The van der Waals surface area contributed by atoms with Gasteiger partial charge in [0.25, 0.3) is 0 Å². The van der Waals surface area contributed by atoms with Gasteiger partial charge in [0, 0.05) is 35.9 Å². The highest BCUT2D eigenvalue weighted by atomic mass is 31.0. The molecule has 1 saturated heterocycles. The Balaban J connectivity index is 1.78. The topological polar surface area (TPSA) is 30.9 Å². The summed E-state index contributed by atoms with van der Waals surface area (Å²) in [5, 5.41) is 0.475. The van der Waals surface area contributed by atoms with Crippen LogP contribution in [0.3, 0.4) is 0 Å². The van der Waals surface area contributed by atoms with E-state index in [2.05, 4.69) is 45.1 Å². The largest absolute Gasteiger partial charge is 0.493 e. The summed E-state index contributed by atoms with van der Waals surface area (Å²) in [6.45, 7) is 8.61. The van der Waals surface area contributed by atoms with Crippen LogP contribution in [0, 0.1) is 5.82 Å². The van der Waals surface area contributed by atoms with Crippen molar-refractivity contribution in [2.45, 2.75) is 71.8 Å². The molecule has 4 rings (SSSR count). The van der Waals surface area contributed by atoms with Gasteiger partial charge in [0.15, 0.2) is 17.3 Å². The highest BCUT2D eigenvalue weighted by molar-refractivity contribution is 7.27. The maximum absolute atomic E-state index is 15.4. The minimum Gasteiger partial charge on any atom is -0.493 e. The maximum Gasteiger partial charge on any atom is 0.172 e. The van der Waals surface area contributed by atoms with Crippen LogP contribution in [0.4, 0.5) is 13.3 Å². The Morgan fingerprint density at radius 3 is 2.60 bits per heavy atom. The number of hydrogen-bond acceptors (Lipinski definition) is 4. The summed E-state index contributed by atoms with van der Waals surface area (Å²) in [6.07, 6.45) is 9.54. The number of alkyl halides is 1. The number of nitrogens with zero attached hydrogens (tertiary/aromatic N) is 1. The van der Waals surface area contributed by atoms with Crippen molar-refractivity contribution in [1.82, 2.24) is 4.90 Å². The van der Waals surface area contributed by atoms with Gasteiger partial charge in [-0.2, -0.15) is 0 Å². The first-order valence-corrected chi connectivity index (χ1v) is 15.7. The van der Waals surface area contributed by atoms with Crippen LogP contribution in [0.2, 0.25) is 0 Å². The molecule has 4 nitrogen and oxygen atoms in total. The second-order valence-electron chi connectivity index (χ2n) is 10.8. The number of rotatable bonds is 13. The highest BCUT2D eigenvalue weighted by Gasteiger charge is 2.25. The van der Waals surface area contributed by atoms with Gasteiger partial charge in [-0.3, -0.25) is 14.2 Å². The van der Waals surface area contributed by atoms with Crippen molar-refractivity contribution in [3.63, 3.8) is 0 Å². The summed E-state index contributed by atoms with van der Waals surface area (Å²) < 4.78 is 53.1. The van der Waals surface area contributed by atoms with Crippen LogP contribution in [0.1, 0.15) is 76.0 Å². The number of aryl methyl sites for hydroxylation is 1. The van der Waals surface area contributed by atoms with E-state index in [4.69, 9.17) is 9.47 Å². The monoisotopic (exact) mass is 601 g/mol. The molecule has 228 valence electrons. The molecule has 0 radical (unpaired) electrons. The third kappa shape index (κ3) is 7.60. The Kier molecular flexibility index (Phi) is 12.0. The Morgan fingerprint density at radius 1 is 1.07 bits per heavy atom. The van der Waals surface area contributed by atoms with Crippen molar-refractivity contribution < 1.29 is 27.7 Å². The van der Waals surface area contributed by atoms with Gasteiger partial charge in [-0.15, -0.1) is 9.24 Å². The van der Waals surface area contributed by atoms with Gasteiger partial charge in [0.05, 0.1) is 19.0 Å². The second-order valence-corrected chi connectivity index (χ2v) is 11.4. The number of likely N-dealkylation sites (tertiary alicyclic amines) is 1. The third-order valence-corrected chi connectivity index (χ3v) is 8.62. The molecule has 1 heterocycles. The molecule has 8 heteroatoms. The van der Waals surface area contributed by atoms with Gasteiger partial charge in [0.1, 0.15) is 6.10 Å². The first-order valence-electron chi connectivity index (χ1n) is 15.1. The number of allylic oxidation sites excluding steroid dienone is 6. The average molecular weight is 602 g/mol. The quantitative estimate of drug-likeness (QED) is 0.131. The molecule has 0 N–H and O–H groups in total. The number of fused-ring (bicyclic) bond motifs is 1. The minimum absolute atomic E-state index is 0.0910. The van der Waals surface area contributed by atoms with Gasteiger partial charge in [-0.1, -0.05) is 32.1 Å². The first-order chi connectivity index (χ1) is 20.4. The fourth-order valence-corrected chi connectivity index (χ4v) is 6.37. The lowest BCUT2D eigenvalue weighted by Gasteiger charge is -2.21. The molecule has 1 unspecified atom stereocenters. The first kappa shape index (κ1) is 32.2. The molecule has 2 atom stereocenters. The molecule has 1 aliphatic carbocycles. The van der Waals surface area contributed by atoms with E-state index in [0.717, 1.165) is 97.3 Å². The van der Waals surface area contributed by atoms with E-state index in [-0.39, 0.29) is 30.1 Å². The lowest BCUT2D eigenvalue weighted by Crippen LogP contribution is -2.24. The normalized spacial score (nSPS) is 18.2. The fourth-order valence-electron chi connectivity index (χ4n) is 5.96. The minimum atomic E-state index is -0.377. The number of halogens is 3. The van der Waals surface area contributed by atoms with Crippen molar-refractivity contribution in [2.24, 2.45) is 0 Å². The number of ether oxygens (including phenoxy) is 2. The summed E-state index contributed by atoms with van der Waals surface area (Å²) in [5.74, 6) is 0.934. The predicted octanol–water partition coefficient (Wildman–Crippen LogP) is 8.32. The van der Waals surface area contributed by atoms with Crippen LogP contribution in [0.15, 0.2) is 53.8 Å². The van der Waals surface area contributed by atoms with Crippen molar-refractivity contribution in [1.29, 1.82) is 0 Å². The highest BCUT2D eigenvalue weighted by Crippen LogP contribution is 2.42. The van der Waals surface area contributed by atoms with E-state index in [1.807, 2.05) is 19.1 Å². The van der Waals surface area contributed by atoms with Gasteiger partial charge < -0.3 is 9.47 Å². The van der Waals surface area contributed by atoms with Crippen molar-refractivity contribution in [2.75, 3.05) is 32.9 Å². The summed E-state index contributed by atoms with van der Waals surface area (Å²) in [4.78, 5) is 6.33. The van der Waals surface area contributed by atoms with Gasteiger partial charge in [0.2, 0.25) is 0 Å². The van der Waals surface area contributed by atoms with Crippen LogP contribution < -0.4 is 15.0 Å². The zero-order valence-corrected chi connectivity index (χ0v) is 26.1. The molecule has 42 heavy (non-hydrogen) atoms. The van der Waals surface area contributed by atoms with E-state index >= 15 is 4.39 Å². The van der Waals surface area contributed by atoms with Crippen LogP contribution in [-0.2, 0) is 11.2 Å². The standard InChI is InChI=1S/C34H43F3NO3P/c1-4-23(11-12-25(5-2)40-27-17-20-38(22-27)19-8-18-35)32-28-14-13-26(41-37)21-24(28)9-7-10-29(32)30-15-16-31(39-6-3)33(36)34(30)42/h11-16,21,27H,4-10,17-20,22,42H2,1-3H3/b23-11+,25-12+/t27-/m0/s1. The summed E-state index contributed by atoms with van der Waals surface area (Å²) in [5.41, 5.74) is 6.00. The number of benzene rings is 2. The fraction of sp³-hybridized carbons (Fsp3) is 0.471. The van der Waals surface area contributed by atoms with Crippen LogP contribution >= 0.6 is 9.24 Å². The number of hydrogen-bond donors (Lipinski definition) is 0. The molecular formula is C34H43F3NO3P. The van der Waals surface area contributed by atoms with Crippen molar-refractivity contribution in [3.8, 4) is 11.5 Å². The molecule has 1 fully saturated rings. The molecule has 0 aromatic heterocycles. The lowest BCUT2D eigenvalue weighted by molar-refractivity contribution is -0.00629. The van der Waals surface area contributed by atoms with Crippen molar-refractivity contribution >= 4 is 25.7 Å². The molecule has 2 aliphatic rings. The van der Waals surface area contributed by atoms with Crippen LogP contribution in [0.5, 0.6) is 11.5 Å². The lowest BCUT2D eigenvalue weighted by atomic mass is 9.86. The van der Waals surface area contributed by atoms with E-state index in [9.17, 15) is 8.92 Å². The van der Waals surface area contributed by atoms with Crippen LogP contribution in [-0.4, -0.2) is 43.9 Å². The van der Waals surface area contributed by atoms with Crippen LogP contribution in [0.25, 0.3) is 11.1 Å². The SMILES string of the molecule is CCOc1ccc(C2=C(/C(=C/C=C(\CC)O[C@H]3CCN(CCCF)C3)CC)c3ccc(OF)cc3CCC2)c(P)c1F. The molecule has 2 aromatic rings. The average Bonchev–Trinajstić information content (AvgIpc) is 3.37. The molecule has 2 aromatic carbocycles. The Labute approximate surface area is 250 Å². The second kappa shape index (κ2) is 15.6. The third-order valence-electron chi connectivity index (χ3n) is 8.06. The molecule has 0 amide bonds. The smallest absolute Gasteiger partial charge is 0.172 e. The molecule has 0 saturated carbocycles. The maximum atomic E-state index is 15.4. The van der Waals surface area contributed by atoms with E-state index < -0.39 is 0 Å². The van der Waals surface area contributed by atoms with Gasteiger partial charge in [-0.05, 0) is 103 Å². The summed E-state index contributed by atoms with van der Waals surface area (Å²) >= 11 is 0. The Bertz CT molecular complexity index is 1320. The molecular weight excluding hydrogens is 558 g/mol. The predicted molar refractivity (Wildman–Crippen MR) is 168 cm³/mol. The van der Waals surface area contributed by atoms with Gasteiger partial charge >= 0.3 is 0 Å². The zero-order chi connectivity index (χ0) is 30.1.